The Labute approximate surface area is 110 Å². The Kier molecular flexibility index (Phi) is 3.55. The van der Waals surface area contributed by atoms with Crippen molar-refractivity contribution in [2.75, 3.05) is 7.11 Å². The number of hydrogen-bond donors (Lipinski definition) is 0. The average molecular weight is 268 g/mol. The van der Waals surface area contributed by atoms with Crippen LogP contribution in [0.2, 0.25) is 10.0 Å². The van der Waals surface area contributed by atoms with E-state index in [9.17, 15) is 0 Å². The van der Waals surface area contributed by atoms with Crippen molar-refractivity contribution in [3.63, 3.8) is 0 Å². The molecule has 0 amide bonds. The molecule has 0 atom stereocenters. The van der Waals surface area contributed by atoms with Crippen molar-refractivity contribution in [1.82, 2.24) is 4.98 Å². The lowest BCUT2D eigenvalue weighted by molar-refractivity contribution is 0.416. The fraction of sp³-hybridized carbons (Fsp3) is 0.154. The van der Waals surface area contributed by atoms with Crippen LogP contribution in [-0.2, 0) is 0 Å². The normalized spacial score (nSPS) is 10.4. The average Bonchev–Trinajstić information content (AvgIpc) is 2.32. The number of rotatable bonds is 2. The van der Waals surface area contributed by atoms with Crippen LogP contribution >= 0.6 is 23.2 Å². The molecular formula is C13H11Cl2NO. The Hall–Kier alpha value is -1.25. The van der Waals surface area contributed by atoms with Crippen LogP contribution in [0.3, 0.4) is 0 Å². The monoisotopic (exact) mass is 267 g/mol. The highest BCUT2D eigenvalue weighted by molar-refractivity contribution is 6.44. The first-order valence-electron chi connectivity index (χ1n) is 5.08. The molecule has 1 aromatic heterocycles. The molecule has 0 N–H and O–H groups in total. The Balaban J connectivity index is 2.69. The van der Waals surface area contributed by atoms with Gasteiger partial charge in [-0.15, -0.1) is 0 Å². The zero-order chi connectivity index (χ0) is 12.4. The van der Waals surface area contributed by atoms with Gasteiger partial charge in [-0.1, -0.05) is 23.2 Å². The molecule has 17 heavy (non-hydrogen) atoms. The number of methoxy groups -OCH3 is 1. The van der Waals surface area contributed by atoms with E-state index in [0.717, 1.165) is 16.8 Å². The molecule has 0 spiro atoms. The highest BCUT2D eigenvalue weighted by Crippen LogP contribution is 2.40. The Morgan fingerprint density at radius 1 is 1.18 bits per heavy atom. The Morgan fingerprint density at radius 3 is 2.59 bits per heavy atom. The molecule has 0 radical (unpaired) electrons. The van der Waals surface area contributed by atoms with Gasteiger partial charge < -0.3 is 4.74 Å². The minimum Gasteiger partial charge on any atom is -0.496 e. The molecule has 2 rings (SSSR count). The van der Waals surface area contributed by atoms with Crippen LogP contribution in [0.15, 0.2) is 30.5 Å². The molecule has 1 aromatic carbocycles. The van der Waals surface area contributed by atoms with Crippen LogP contribution in [0.5, 0.6) is 5.75 Å². The van der Waals surface area contributed by atoms with Gasteiger partial charge in [0.15, 0.2) is 0 Å². The van der Waals surface area contributed by atoms with Crippen molar-refractivity contribution < 1.29 is 4.74 Å². The van der Waals surface area contributed by atoms with Crippen molar-refractivity contribution in [2.45, 2.75) is 6.92 Å². The van der Waals surface area contributed by atoms with Gasteiger partial charge in [0, 0.05) is 17.5 Å². The second-order valence-corrected chi connectivity index (χ2v) is 4.41. The van der Waals surface area contributed by atoms with E-state index in [-0.39, 0.29) is 0 Å². The Bertz CT molecular complexity index is 555. The second kappa shape index (κ2) is 4.94. The van der Waals surface area contributed by atoms with Crippen LogP contribution < -0.4 is 4.74 Å². The Morgan fingerprint density at radius 2 is 1.94 bits per heavy atom. The van der Waals surface area contributed by atoms with Gasteiger partial charge in [0.2, 0.25) is 0 Å². The zero-order valence-corrected chi connectivity index (χ0v) is 11.0. The third-order valence-corrected chi connectivity index (χ3v) is 3.27. The molecule has 0 fully saturated rings. The minimum atomic E-state index is 0.497. The topological polar surface area (TPSA) is 22.1 Å². The van der Waals surface area contributed by atoms with Crippen molar-refractivity contribution in [3.05, 3.63) is 46.2 Å². The van der Waals surface area contributed by atoms with Gasteiger partial charge in [-0.05, 0) is 36.8 Å². The van der Waals surface area contributed by atoms with Crippen molar-refractivity contribution >= 4 is 23.2 Å². The van der Waals surface area contributed by atoms with Crippen molar-refractivity contribution in [3.8, 4) is 16.9 Å². The number of aryl methyl sites for hydroxylation is 1. The van der Waals surface area contributed by atoms with Gasteiger partial charge in [0.05, 0.1) is 17.2 Å². The third-order valence-electron chi connectivity index (χ3n) is 2.46. The maximum absolute atomic E-state index is 6.23. The smallest absolute Gasteiger partial charge is 0.128 e. The summed E-state index contributed by atoms with van der Waals surface area (Å²) in [5, 5.41) is 1.01. The predicted octanol–water partition coefficient (Wildman–Crippen LogP) is 4.37. The number of nitrogens with zero attached hydrogens (tertiary/aromatic N) is 1. The van der Waals surface area contributed by atoms with Gasteiger partial charge in [0.25, 0.3) is 0 Å². The molecule has 0 aliphatic heterocycles. The summed E-state index contributed by atoms with van der Waals surface area (Å²) >= 11 is 12.3. The van der Waals surface area contributed by atoms with E-state index in [1.54, 1.807) is 25.4 Å². The van der Waals surface area contributed by atoms with Gasteiger partial charge >= 0.3 is 0 Å². The summed E-state index contributed by atoms with van der Waals surface area (Å²) in [6.07, 6.45) is 1.74. The molecule has 1 heterocycles. The van der Waals surface area contributed by atoms with Crippen LogP contribution in [0.25, 0.3) is 11.1 Å². The highest BCUT2D eigenvalue weighted by atomic mass is 35.5. The highest BCUT2D eigenvalue weighted by Gasteiger charge is 2.13. The molecule has 88 valence electrons. The summed E-state index contributed by atoms with van der Waals surface area (Å²) < 4.78 is 5.31. The standard InChI is InChI=1S/C13H11Cl2NO/c1-8-7-9(5-6-16-8)12-11(17-2)4-3-10(14)13(12)15/h3-7H,1-2H3. The largest absolute Gasteiger partial charge is 0.496 e. The molecule has 2 aromatic rings. The summed E-state index contributed by atoms with van der Waals surface area (Å²) in [5.74, 6) is 0.699. The lowest BCUT2D eigenvalue weighted by Crippen LogP contribution is -1.91. The van der Waals surface area contributed by atoms with E-state index in [0.29, 0.717) is 15.8 Å². The fourth-order valence-corrected chi connectivity index (χ4v) is 2.10. The van der Waals surface area contributed by atoms with E-state index < -0.39 is 0 Å². The second-order valence-electron chi connectivity index (χ2n) is 3.62. The van der Waals surface area contributed by atoms with Crippen molar-refractivity contribution in [1.29, 1.82) is 0 Å². The minimum absolute atomic E-state index is 0.497. The van der Waals surface area contributed by atoms with E-state index in [4.69, 9.17) is 27.9 Å². The third kappa shape index (κ3) is 2.38. The van der Waals surface area contributed by atoms with Gasteiger partial charge in [-0.2, -0.15) is 0 Å². The van der Waals surface area contributed by atoms with E-state index in [1.165, 1.54) is 0 Å². The molecule has 0 saturated heterocycles. The number of hydrogen-bond acceptors (Lipinski definition) is 2. The molecule has 2 nitrogen and oxygen atoms in total. The lowest BCUT2D eigenvalue weighted by Gasteiger charge is -2.12. The summed E-state index contributed by atoms with van der Waals surface area (Å²) in [6.45, 7) is 1.93. The molecule has 0 saturated carbocycles. The number of pyridine rings is 1. The van der Waals surface area contributed by atoms with Crippen LogP contribution in [0, 0.1) is 6.92 Å². The number of ether oxygens (including phenoxy) is 1. The maximum Gasteiger partial charge on any atom is 0.128 e. The summed E-state index contributed by atoms with van der Waals surface area (Å²) in [6, 6.07) is 7.35. The first-order valence-corrected chi connectivity index (χ1v) is 5.84. The first kappa shape index (κ1) is 12.2. The molecule has 0 bridgehead atoms. The SMILES string of the molecule is COc1ccc(Cl)c(Cl)c1-c1ccnc(C)c1. The van der Waals surface area contributed by atoms with Gasteiger partial charge in [-0.3, -0.25) is 4.98 Å². The maximum atomic E-state index is 6.23. The van der Waals surface area contributed by atoms with Crippen molar-refractivity contribution in [2.24, 2.45) is 0 Å². The zero-order valence-electron chi connectivity index (χ0n) is 9.50. The first-order chi connectivity index (χ1) is 8.13. The summed E-state index contributed by atoms with van der Waals surface area (Å²) in [7, 11) is 1.61. The molecule has 0 unspecified atom stereocenters. The fourth-order valence-electron chi connectivity index (χ4n) is 1.67. The van der Waals surface area contributed by atoms with Crippen LogP contribution in [-0.4, -0.2) is 12.1 Å². The van der Waals surface area contributed by atoms with Gasteiger partial charge in [0.1, 0.15) is 5.75 Å². The van der Waals surface area contributed by atoms with Crippen LogP contribution in [0.4, 0.5) is 0 Å². The predicted molar refractivity (Wildman–Crippen MR) is 71.0 cm³/mol. The van der Waals surface area contributed by atoms with E-state index in [2.05, 4.69) is 4.98 Å². The molecule has 4 heteroatoms. The number of aromatic nitrogens is 1. The van der Waals surface area contributed by atoms with Gasteiger partial charge in [-0.25, -0.2) is 0 Å². The summed E-state index contributed by atoms with van der Waals surface area (Å²) in [4.78, 5) is 4.16. The number of benzene rings is 1. The van der Waals surface area contributed by atoms with Crippen LogP contribution in [0.1, 0.15) is 5.69 Å². The lowest BCUT2D eigenvalue weighted by atomic mass is 10.0. The quantitative estimate of drug-likeness (QED) is 0.806. The summed E-state index contributed by atoms with van der Waals surface area (Å²) in [5.41, 5.74) is 2.66. The molecular weight excluding hydrogens is 257 g/mol. The van der Waals surface area contributed by atoms with E-state index >= 15 is 0 Å². The molecule has 0 aliphatic carbocycles. The number of halogens is 2. The molecule has 0 aliphatic rings. The van der Waals surface area contributed by atoms with E-state index in [1.807, 2.05) is 19.1 Å².